The van der Waals surface area contributed by atoms with Gasteiger partial charge in [-0.2, -0.15) is 5.10 Å². The molecule has 2 aromatic rings. The van der Waals surface area contributed by atoms with Gasteiger partial charge in [-0.3, -0.25) is 0 Å². The average molecular weight is 246 g/mol. The number of aromatic nitrogens is 2. The topological polar surface area (TPSA) is 38.0 Å². The first-order valence-corrected chi connectivity index (χ1v) is 6.19. The van der Waals surface area contributed by atoms with Crippen molar-refractivity contribution in [3.63, 3.8) is 0 Å². The van der Waals surface area contributed by atoms with E-state index >= 15 is 0 Å². The maximum absolute atomic E-state index is 13.8. The Kier molecular flexibility index (Phi) is 2.67. The number of rotatable bonds is 3. The number of hydrogen-bond acceptors (Lipinski definition) is 2. The van der Waals surface area contributed by atoms with Crippen LogP contribution < -0.4 is 0 Å². The number of benzene rings is 1. The predicted octanol–water partition coefficient (Wildman–Crippen LogP) is 2.94. The van der Waals surface area contributed by atoms with Gasteiger partial charge in [0, 0.05) is 17.7 Å². The summed E-state index contributed by atoms with van der Waals surface area (Å²) in [6.07, 6.45) is 3.34. The molecule has 1 aliphatic carbocycles. The molecule has 3 rings (SSSR count). The lowest BCUT2D eigenvalue weighted by Crippen LogP contribution is -2.06. The van der Waals surface area contributed by atoms with E-state index in [0.29, 0.717) is 17.2 Å². The summed E-state index contributed by atoms with van der Waals surface area (Å²) in [4.78, 5) is 0. The molecule has 0 amide bonds. The lowest BCUT2D eigenvalue weighted by atomic mass is 10.1. The second-order valence-electron chi connectivity index (χ2n) is 4.81. The van der Waals surface area contributed by atoms with Gasteiger partial charge in [-0.15, -0.1) is 0 Å². The first-order chi connectivity index (χ1) is 8.66. The predicted molar refractivity (Wildman–Crippen MR) is 66.1 cm³/mol. The molecule has 1 N–H and O–H groups in total. The Labute approximate surface area is 105 Å². The number of hydrogen-bond donors (Lipinski definition) is 1. The Morgan fingerprint density at radius 3 is 2.83 bits per heavy atom. The van der Waals surface area contributed by atoms with E-state index in [1.54, 1.807) is 23.7 Å². The van der Waals surface area contributed by atoms with Crippen LogP contribution in [0.25, 0.3) is 5.69 Å². The van der Waals surface area contributed by atoms with Gasteiger partial charge in [-0.1, -0.05) is 6.07 Å². The quantitative estimate of drug-likeness (QED) is 0.904. The minimum absolute atomic E-state index is 0.294. The fraction of sp³-hybridized carbons (Fsp3) is 0.357. The summed E-state index contributed by atoms with van der Waals surface area (Å²) in [5.74, 6) is 0.167. The second-order valence-corrected chi connectivity index (χ2v) is 4.81. The highest BCUT2D eigenvalue weighted by Crippen LogP contribution is 2.39. The molecule has 1 heterocycles. The molecule has 1 atom stereocenters. The van der Waals surface area contributed by atoms with Crippen LogP contribution in [-0.4, -0.2) is 14.9 Å². The van der Waals surface area contributed by atoms with E-state index < -0.39 is 11.9 Å². The molecule has 1 aromatic heterocycles. The highest BCUT2D eigenvalue weighted by Gasteiger charge is 2.26. The molecule has 0 bridgehead atoms. The monoisotopic (exact) mass is 246 g/mol. The largest absolute Gasteiger partial charge is 0.389 e. The van der Waals surface area contributed by atoms with Crippen LogP contribution in [0, 0.1) is 5.82 Å². The average Bonchev–Trinajstić information content (AvgIpc) is 3.06. The van der Waals surface area contributed by atoms with Gasteiger partial charge < -0.3 is 5.11 Å². The van der Waals surface area contributed by atoms with Crippen molar-refractivity contribution in [2.24, 2.45) is 0 Å². The van der Waals surface area contributed by atoms with Gasteiger partial charge in [-0.25, -0.2) is 9.07 Å². The third-order valence-corrected chi connectivity index (χ3v) is 3.30. The first kappa shape index (κ1) is 11.4. The number of halogens is 1. The van der Waals surface area contributed by atoms with Crippen molar-refractivity contribution < 1.29 is 9.50 Å². The number of nitrogens with zero attached hydrogens (tertiary/aromatic N) is 2. The minimum Gasteiger partial charge on any atom is -0.389 e. The zero-order valence-corrected chi connectivity index (χ0v) is 10.2. The van der Waals surface area contributed by atoms with Crippen molar-refractivity contribution in [1.29, 1.82) is 0 Å². The van der Waals surface area contributed by atoms with Gasteiger partial charge in [0.05, 0.1) is 17.5 Å². The molecule has 1 aromatic carbocycles. The molecule has 3 nitrogen and oxygen atoms in total. The van der Waals surface area contributed by atoms with Crippen molar-refractivity contribution in [2.75, 3.05) is 0 Å². The molecule has 4 heteroatoms. The molecule has 0 aliphatic heterocycles. The van der Waals surface area contributed by atoms with Crippen LogP contribution in [0.2, 0.25) is 0 Å². The molecule has 1 fully saturated rings. The van der Waals surface area contributed by atoms with Crippen LogP contribution in [0.3, 0.4) is 0 Å². The summed E-state index contributed by atoms with van der Waals surface area (Å²) in [5.41, 5.74) is 1.95. The van der Waals surface area contributed by atoms with Crippen LogP contribution in [0.5, 0.6) is 0 Å². The Bertz CT molecular complexity index is 573. The third kappa shape index (κ3) is 1.93. The molecular formula is C14H15FN2O. The van der Waals surface area contributed by atoms with Crippen LogP contribution in [0.4, 0.5) is 4.39 Å². The van der Waals surface area contributed by atoms with E-state index in [4.69, 9.17) is 0 Å². The highest BCUT2D eigenvalue weighted by atomic mass is 19.1. The van der Waals surface area contributed by atoms with Crippen LogP contribution in [0.1, 0.15) is 43.0 Å². The van der Waals surface area contributed by atoms with Crippen molar-refractivity contribution in [2.45, 2.75) is 31.8 Å². The molecule has 0 spiro atoms. The van der Waals surface area contributed by atoms with Crippen molar-refractivity contribution >= 4 is 0 Å². The Morgan fingerprint density at radius 1 is 1.39 bits per heavy atom. The van der Waals surface area contributed by atoms with Gasteiger partial charge in [0.15, 0.2) is 0 Å². The summed E-state index contributed by atoms with van der Waals surface area (Å²) >= 11 is 0. The van der Waals surface area contributed by atoms with Gasteiger partial charge in [0.2, 0.25) is 0 Å². The summed E-state index contributed by atoms with van der Waals surface area (Å²) in [6.45, 7) is 1.56. The molecule has 1 aliphatic rings. The lowest BCUT2D eigenvalue weighted by molar-refractivity contribution is 0.194. The summed E-state index contributed by atoms with van der Waals surface area (Å²) < 4.78 is 15.4. The maximum Gasteiger partial charge on any atom is 0.131 e. The smallest absolute Gasteiger partial charge is 0.131 e. The Morgan fingerprint density at radius 2 is 2.17 bits per heavy atom. The van der Waals surface area contributed by atoms with E-state index in [0.717, 1.165) is 5.69 Å². The molecule has 1 saturated carbocycles. The molecular weight excluding hydrogens is 231 g/mol. The molecule has 18 heavy (non-hydrogen) atoms. The maximum atomic E-state index is 13.8. The normalized spacial score (nSPS) is 16.8. The fourth-order valence-corrected chi connectivity index (χ4v) is 2.21. The summed E-state index contributed by atoms with van der Waals surface area (Å²) in [7, 11) is 0. The van der Waals surface area contributed by atoms with Gasteiger partial charge >= 0.3 is 0 Å². The summed E-state index contributed by atoms with van der Waals surface area (Å²) in [6, 6.07) is 6.73. The molecule has 0 unspecified atom stereocenters. The van der Waals surface area contributed by atoms with E-state index in [1.807, 2.05) is 12.3 Å². The lowest BCUT2D eigenvalue weighted by Gasteiger charge is -2.12. The molecule has 94 valence electrons. The number of aliphatic hydroxyl groups excluding tert-OH is 1. The third-order valence-electron chi connectivity index (χ3n) is 3.30. The Hall–Kier alpha value is -1.68. The van der Waals surface area contributed by atoms with E-state index in [-0.39, 0.29) is 0 Å². The van der Waals surface area contributed by atoms with E-state index in [9.17, 15) is 9.50 Å². The van der Waals surface area contributed by atoms with Crippen molar-refractivity contribution in [3.8, 4) is 5.69 Å². The zero-order chi connectivity index (χ0) is 12.7. The Balaban J connectivity index is 2.06. The number of aliphatic hydroxyl groups is 1. The van der Waals surface area contributed by atoms with Gasteiger partial charge in [-0.05, 0) is 38.0 Å². The standard InChI is InChI=1S/C14H15FN2O/c1-9(18)14-11(15)3-2-4-13(14)17-8-7-12(16-17)10-5-6-10/h2-4,7-10,18H,5-6H2,1H3/t9-/m0/s1. The van der Waals surface area contributed by atoms with E-state index in [2.05, 4.69) is 5.10 Å². The van der Waals surface area contributed by atoms with E-state index in [1.165, 1.54) is 18.9 Å². The van der Waals surface area contributed by atoms with Crippen molar-refractivity contribution in [3.05, 3.63) is 47.5 Å². The van der Waals surface area contributed by atoms with Crippen LogP contribution >= 0.6 is 0 Å². The van der Waals surface area contributed by atoms with Gasteiger partial charge in [0.25, 0.3) is 0 Å². The molecule has 0 saturated heterocycles. The highest BCUT2D eigenvalue weighted by molar-refractivity contribution is 5.42. The van der Waals surface area contributed by atoms with Crippen molar-refractivity contribution in [1.82, 2.24) is 9.78 Å². The zero-order valence-electron chi connectivity index (χ0n) is 10.2. The SMILES string of the molecule is C[C@H](O)c1c(F)cccc1-n1ccc(C2CC2)n1. The first-order valence-electron chi connectivity index (χ1n) is 6.19. The molecule has 0 radical (unpaired) electrons. The fourth-order valence-electron chi connectivity index (χ4n) is 2.21. The minimum atomic E-state index is -0.852. The van der Waals surface area contributed by atoms with Crippen LogP contribution in [-0.2, 0) is 0 Å². The van der Waals surface area contributed by atoms with Gasteiger partial charge in [0.1, 0.15) is 5.82 Å². The second kappa shape index (κ2) is 4.21. The van der Waals surface area contributed by atoms with Crippen LogP contribution in [0.15, 0.2) is 30.5 Å². The summed E-state index contributed by atoms with van der Waals surface area (Å²) in [5, 5.41) is 14.2.